The fourth-order valence-electron chi connectivity index (χ4n) is 3.97. The Morgan fingerprint density at radius 2 is 1.77 bits per heavy atom. The summed E-state index contributed by atoms with van der Waals surface area (Å²) in [5, 5.41) is 0. The zero-order valence-electron chi connectivity index (χ0n) is 19.7. The Balaban J connectivity index is 2.86. The van der Waals surface area contributed by atoms with Crippen LogP contribution >= 0.6 is 0 Å². The van der Waals surface area contributed by atoms with Crippen molar-refractivity contribution in [3.8, 4) is 0 Å². The highest BCUT2D eigenvalue weighted by Crippen LogP contribution is 2.36. The summed E-state index contributed by atoms with van der Waals surface area (Å²) < 4.78 is 0. The van der Waals surface area contributed by atoms with Crippen LogP contribution in [0.3, 0.4) is 0 Å². The summed E-state index contributed by atoms with van der Waals surface area (Å²) in [7, 11) is 3.41. The second-order valence-electron chi connectivity index (χ2n) is 8.79. The summed E-state index contributed by atoms with van der Waals surface area (Å²) in [6, 6.07) is 0.615. The van der Waals surface area contributed by atoms with Crippen molar-refractivity contribution >= 4 is 22.1 Å². The first-order valence-electron chi connectivity index (χ1n) is 11.3. The molecule has 1 heterocycles. The number of rotatable bonds is 13. The molecular weight excluding hydrogens is 386 g/mol. The fraction of sp³-hybridized carbons (Fsp3) is 0.615. The van der Waals surface area contributed by atoms with E-state index in [1.165, 1.54) is 21.6 Å². The molecule has 0 spiro atoms. The molecule has 2 unspecified atom stereocenters. The van der Waals surface area contributed by atoms with Crippen molar-refractivity contribution < 1.29 is 9.59 Å². The van der Waals surface area contributed by atoms with Crippen LogP contribution in [-0.2, 0) is 9.59 Å². The molecule has 3 radical (unpaired) electrons. The van der Waals surface area contributed by atoms with E-state index in [-0.39, 0.29) is 23.7 Å². The van der Waals surface area contributed by atoms with E-state index >= 15 is 0 Å². The molecule has 1 saturated heterocycles. The molecule has 0 saturated carbocycles. The second-order valence-corrected chi connectivity index (χ2v) is 9.29. The molecule has 0 bridgehead atoms. The average Bonchev–Trinajstić information content (AvgIpc) is 2.96. The normalized spacial score (nSPS) is 18.7. The molecule has 0 aliphatic carbocycles. The first-order valence-corrected chi connectivity index (χ1v) is 12.0. The number of likely N-dealkylation sites (tertiary alicyclic amines) is 1. The molecule has 1 rings (SSSR count). The van der Waals surface area contributed by atoms with Crippen LogP contribution in [0.5, 0.6) is 0 Å². The fourth-order valence-corrected chi connectivity index (χ4v) is 4.19. The number of carbonyl (C=O) groups excluding carboxylic acids is 2. The van der Waals surface area contributed by atoms with Gasteiger partial charge in [0.05, 0.1) is 5.92 Å². The highest BCUT2D eigenvalue weighted by molar-refractivity contribution is 6.10. The minimum atomic E-state index is -0.256. The average molecular weight is 427 g/mol. The lowest BCUT2D eigenvalue weighted by Gasteiger charge is -2.25. The standard InChI is InChI=1S/C26H40NO2Si/c1-7-20(4)11-9-12-21(5)14-15-23(22(6)13-8-10-19(2)3)24-18-25(28)27(16-17-30)26(24)29/h7,10,12,23-24H,6,8-9,11,13-18H2,1-5H3/b20-7+,21-12+. The number of hydrogen-bond donors (Lipinski definition) is 0. The predicted molar refractivity (Wildman–Crippen MR) is 128 cm³/mol. The summed E-state index contributed by atoms with van der Waals surface area (Å²) >= 11 is 0. The van der Waals surface area contributed by atoms with Crippen LogP contribution in [0.4, 0.5) is 0 Å². The third kappa shape index (κ3) is 8.59. The van der Waals surface area contributed by atoms with E-state index in [4.69, 9.17) is 0 Å². The molecule has 165 valence electrons. The molecule has 0 aromatic heterocycles. The van der Waals surface area contributed by atoms with E-state index in [0.29, 0.717) is 19.0 Å². The molecule has 4 heteroatoms. The van der Waals surface area contributed by atoms with E-state index in [1.54, 1.807) is 0 Å². The monoisotopic (exact) mass is 426 g/mol. The summed E-state index contributed by atoms with van der Waals surface area (Å²) in [6.07, 6.45) is 12.8. The molecule has 0 aromatic carbocycles. The molecule has 3 nitrogen and oxygen atoms in total. The maximum absolute atomic E-state index is 13.0. The van der Waals surface area contributed by atoms with Crippen molar-refractivity contribution in [3.05, 3.63) is 47.1 Å². The lowest BCUT2D eigenvalue weighted by Crippen LogP contribution is -2.33. The zero-order valence-corrected chi connectivity index (χ0v) is 20.7. The Bertz CT molecular complexity index is 698. The largest absolute Gasteiger partial charge is 0.283 e. The van der Waals surface area contributed by atoms with Crippen molar-refractivity contribution in [3.63, 3.8) is 0 Å². The van der Waals surface area contributed by atoms with Gasteiger partial charge in [0.25, 0.3) is 0 Å². The summed E-state index contributed by atoms with van der Waals surface area (Å²) in [6.45, 7) is 15.4. The van der Waals surface area contributed by atoms with E-state index in [9.17, 15) is 9.59 Å². The molecule has 1 fully saturated rings. The topological polar surface area (TPSA) is 37.4 Å². The molecule has 0 aromatic rings. The van der Waals surface area contributed by atoms with Gasteiger partial charge in [0.15, 0.2) is 0 Å². The molecular formula is C26H40NO2Si. The van der Waals surface area contributed by atoms with Crippen LogP contribution in [0.2, 0.25) is 6.04 Å². The SMILES string of the molecule is C=C(CCC=C(C)C)C(CC/C(C)=C/CC/C(C)=C/C)C1CC(=O)N(CC[Si])C1=O. The van der Waals surface area contributed by atoms with Gasteiger partial charge in [0, 0.05) is 23.2 Å². The number of carbonyl (C=O) groups is 2. The van der Waals surface area contributed by atoms with Gasteiger partial charge in [-0.15, -0.1) is 0 Å². The number of nitrogens with zero attached hydrogens (tertiary/aromatic N) is 1. The van der Waals surface area contributed by atoms with Crippen molar-refractivity contribution in [1.82, 2.24) is 4.90 Å². The quantitative estimate of drug-likeness (QED) is 0.196. The van der Waals surface area contributed by atoms with Gasteiger partial charge >= 0.3 is 0 Å². The Labute approximate surface area is 187 Å². The van der Waals surface area contributed by atoms with Crippen LogP contribution in [-0.4, -0.2) is 33.5 Å². The predicted octanol–water partition coefficient (Wildman–Crippen LogP) is 6.34. The molecule has 2 amide bonds. The van der Waals surface area contributed by atoms with Crippen molar-refractivity contribution in [2.45, 2.75) is 85.6 Å². The van der Waals surface area contributed by atoms with Crippen molar-refractivity contribution in [2.24, 2.45) is 11.8 Å². The minimum absolute atomic E-state index is 0.0167. The van der Waals surface area contributed by atoms with E-state index in [0.717, 1.165) is 44.1 Å². The number of allylic oxidation sites excluding steroid dienone is 7. The molecule has 0 N–H and O–H groups in total. The van der Waals surface area contributed by atoms with Gasteiger partial charge in [0.2, 0.25) is 11.8 Å². The number of hydrogen-bond acceptors (Lipinski definition) is 2. The van der Waals surface area contributed by atoms with Crippen molar-refractivity contribution in [1.29, 1.82) is 0 Å². The van der Waals surface area contributed by atoms with Gasteiger partial charge in [-0.25, -0.2) is 0 Å². The third-order valence-electron chi connectivity index (χ3n) is 6.02. The number of amides is 2. The summed E-state index contributed by atoms with van der Waals surface area (Å²) in [5.74, 6) is -0.253. The summed E-state index contributed by atoms with van der Waals surface area (Å²) in [4.78, 5) is 26.8. The lowest BCUT2D eigenvalue weighted by atomic mass is 9.79. The Hall–Kier alpha value is -1.68. The maximum Gasteiger partial charge on any atom is 0.233 e. The van der Waals surface area contributed by atoms with Crippen LogP contribution in [0, 0.1) is 11.8 Å². The Kier molecular flexibility index (Phi) is 11.9. The number of imide groups is 1. The highest BCUT2D eigenvalue weighted by Gasteiger charge is 2.42. The first-order chi connectivity index (χ1) is 14.2. The molecule has 1 aliphatic rings. The molecule has 30 heavy (non-hydrogen) atoms. The molecule has 1 aliphatic heterocycles. The molecule has 2 atom stereocenters. The van der Waals surface area contributed by atoms with Crippen molar-refractivity contribution in [2.75, 3.05) is 6.54 Å². The van der Waals surface area contributed by atoms with E-state index < -0.39 is 0 Å². The second kappa shape index (κ2) is 13.6. The lowest BCUT2D eigenvalue weighted by molar-refractivity contribution is -0.139. The van der Waals surface area contributed by atoms with Gasteiger partial charge in [-0.3, -0.25) is 14.5 Å². The maximum atomic E-state index is 13.0. The van der Waals surface area contributed by atoms with E-state index in [2.05, 4.69) is 69.7 Å². The van der Waals surface area contributed by atoms with Gasteiger partial charge in [0.1, 0.15) is 0 Å². The zero-order chi connectivity index (χ0) is 22.7. The first kappa shape index (κ1) is 26.4. The van der Waals surface area contributed by atoms with Gasteiger partial charge < -0.3 is 0 Å². The van der Waals surface area contributed by atoms with Gasteiger partial charge in [-0.05, 0) is 85.1 Å². The minimum Gasteiger partial charge on any atom is -0.283 e. The third-order valence-corrected chi connectivity index (χ3v) is 6.24. The van der Waals surface area contributed by atoms with Crippen LogP contribution in [0.1, 0.15) is 79.6 Å². The van der Waals surface area contributed by atoms with Gasteiger partial charge in [-0.1, -0.05) is 47.1 Å². The Morgan fingerprint density at radius 1 is 1.10 bits per heavy atom. The highest BCUT2D eigenvalue weighted by atomic mass is 28.1. The summed E-state index contributed by atoms with van der Waals surface area (Å²) in [5.41, 5.74) is 5.17. The van der Waals surface area contributed by atoms with Crippen LogP contribution in [0.15, 0.2) is 47.1 Å². The van der Waals surface area contributed by atoms with Crippen LogP contribution < -0.4 is 0 Å². The van der Waals surface area contributed by atoms with Gasteiger partial charge in [-0.2, -0.15) is 0 Å². The Morgan fingerprint density at radius 3 is 2.37 bits per heavy atom. The van der Waals surface area contributed by atoms with E-state index in [1.807, 2.05) is 0 Å². The smallest absolute Gasteiger partial charge is 0.233 e. The van der Waals surface area contributed by atoms with Crippen LogP contribution in [0.25, 0.3) is 0 Å².